The van der Waals surface area contributed by atoms with Gasteiger partial charge in [-0.25, -0.2) is 9.18 Å². The molecule has 2 N–H and O–H groups in total. The van der Waals surface area contributed by atoms with Crippen LogP contribution in [0.1, 0.15) is 24.3 Å². The molecule has 2 aliphatic heterocycles. The molecule has 11 heteroatoms. The van der Waals surface area contributed by atoms with Crippen LogP contribution in [-0.4, -0.2) is 70.0 Å². The second-order valence-corrected chi connectivity index (χ2v) is 7.52. The number of piperidine rings is 1. The van der Waals surface area contributed by atoms with Crippen LogP contribution < -0.4 is 10.2 Å². The van der Waals surface area contributed by atoms with Gasteiger partial charge in [0.05, 0.1) is 12.1 Å². The molecule has 4 rings (SSSR count). The number of carbonyl (C=O) groups is 3. The summed E-state index contributed by atoms with van der Waals surface area (Å²) in [6.07, 6.45) is -0.422. The van der Waals surface area contributed by atoms with Gasteiger partial charge in [0.15, 0.2) is 5.82 Å². The van der Waals surface area contributed by atoms with Gasteiger partial charge in [0.2, 0.25) is 5.91 Å². The third-order valence-electron chi connectivity index (χ3n) is 5.58. The number of rotatable bonds is 4. The molecule has 9 nitrogen and oxygen atoms in total. The molecule has 2 aliphatic rings. The zero-order valence-corrected chi connectivity index (χ0v) is 17.2. The molecule has 1 aromatic heterocycles. The quantitative estimate of drug-likeness (QED) is 0.750. The summed E-state index contributed by atoms with van der Waals surface area (Å²) in [4.78, 5) is 37.5. The van der Waals surface area contributed by atoms with E-state index in [0.717, 1.165) is 16.5 Å². The Bertz CT molecular complexity index is 997. The first-order chi connectivity index (χ1) is 13.8. The molecule has 0 unspecified atom stereocenters. The van der Waals surface area contributed by atoms with Gasteiger partial charge in [0, 0.05) is 37.9 Å². The van der Waals surface area contributed by atoms with Crippen LogP contribution in [0.15, 0.2) is 18.2 Å². The van der Waals surface area contributed by atoms with Crippen molar-refractivity contribution in [3.8, 4) is 0 Å². The SMILES string of the molecule is Cl.Cn1nc(N2CCC(=O)NC2=O)c2ccc([C@H]3CCN(CC(=O)O)C[C@H]3F)cc21. The van der Waals surface area contributed by atoms with E-state index < -0.39 is 18.2 Å². The molecule has 0 bridgehead atoms. The van der Waals surface area contributed by atoms with Crippen LogP contribution >= 0.6 is 12.4 Å². The lowest BCUT2D eigenvalue weighted by Gasteiger charge is -2.34. The summed E-state index contributed by atoms with van der Waals surface area (Å²) >= 11 is 0. The number of hydrogen-bond donors (Lipinski definition) is 2. The molecule has 0 aliphatic carbocycles. The zero-order valence-electron chi connectivity index (χ0n) is 16.4. The fraction of sp³-hybridized carbons (Fsp3) is 0.474. The normalized spacial score (nSPS) is 22.7. The number of halogens is 2. The van der Waals surface area contributed by atoms with Gasteiger partial charge in [-0.05, 0) is 30.7 Å². The standard InChI is InChI=1S/C19H22FN5O4.ClH/c1-23-15-8-11(12-4-6-24(9-14(12)20)10-17(27)28)2-3-13(15)18(22-23)25-7-5-16(26)21-19(25)29;/h2-3,8,12,14H,4-7,9-10H2,1H3,(H,27,28)(H,21,26,29);1H/t12-,14-;/m1./s1. The topological polar surface area (TPSA) is 108 Å². The van der Waals surface area contributed by atoms with Crippen LogP contribution in [0.4, 0.5) is 15.0 Å². The number of likely N-dealkylation sites (tertiary alicyclic amines) is 1. The van der Waals surface area contributed by atoms with E-state index in [-0.39, 0.29) is 50.3 Å². The van der Waals surface area contributed by atoms with Gasteiger partial charge < -0.3 is 5.11 Å². The average Bonchev–Trinajstić information content (AvgIpc) is 2.97. The molecular weight excluding hydrogens is 417 g/mol. The fourth-order valence-corrected chi connectivity index (χ4v) is 4.13. The molecule has 2 saturated heterocycles. The van der Waals surface area contributed by atoms with Crippen LogP contribution in [0.25, 0.3) is 10.9 Å². The van der Waals surface area contributed by atoms with E-state index in [0.29, 0.717) is 18.8 Å². The number of aromatic nitrogens is 2. The Hall–Kier alpha value is -2.72. The Morgan fingerprint density at radius 1 is 1.33 bits per heavy atom. The van der Waals surface area contributed by atoms with Gasteiger partial charge in [-0.2, -0.15) is 5.10 Å². The summed E-state index contributed by atoms with van der Waals surface area (Å²) in [6, 6.07) is 5.04. The van der Waals surface area contributed by atoms with Gasteiger partial charge in [0.25, 0.3) is 0 Å². The van der Waals surface area contributed by atoms with Crippen molar-refractivity contribution >= 4 is 47.0 Å². The van der Waals surface area contributed by atoms with Gasteiger partial charge in [-0.3, -0.25) is 29.4 Å². The Balaban J connectivity index is 0.00000256. The number of urea groups is 1. The Kier molecular flexibility index (Phi) is 6.27. The van der Waals surface area contributed by atoms with Crippen molar-refractivity contribution in [2.75, 3.05) is 31.1 Å². The highest BCUT2D eigenvalue weighted by Crippen LogP contribution is 2.34. The monoisotopic (exact) mass is 439 g/mol. The van der Waals surface area contributed by atoms with Gasteiger partial charge in [-0.15, -0.1) is 12.4 Å². The van der Waals surface area contributed by atoms with E-state index in [1.165, 1.54) is 4.90 Å². The number of aliphatic carboxylic acids is 1. The van der Waals surface area contributed by atoms with E-state index in [1.54, 1.807) is 16.6 Å². The molecule has 30 heavy (non-hydrogen) atoms. The van der Waals surface area contributed by atoms with Crippen molar-refractivity contribution in [1.29, 1.82) is 0 Å². The van der Waals surface area contributed by atoms with Crippen molar-refractivity contribution < 1.29 is 23.9 Å². The van der Waals surface area contributed by atoms with Gasteiger partial charge in [-0.1, -0.05) is 6.07 Å². The molecule has 3 amide bonds. The molecule has 3 heterocycles. The maximum Gasteiger partial charge on any atom is 0.329 e. The summed E-state index contributed by atoms with van der Waals surface area (Å²) < 4.78 is 16.4. The number of nitrogens with zero attached hydrogens (tertiary/aromatic N) is 4. The number of amides is 3. The highest BCUT2D eigenvalue weighted by Gasteiger charge is 2.32. The molecule has 0 radical (unpaired) electrons. The third-order valence-corrected chi connectivity index (χ3v) is 5.58. The average molecular weight is 440 g/mol. The number of nitrogens with one attached hydrogen (secondary N) is 1. The van der Waals surface area contributed by atoms with Crippen LogP contribution in [0.2, 0.25) is 0 Å². The highest BCUT2D eigenvalue weighted by molar-refractivity contribution is 6.08. The number of carbonyl (C=O) groups excluding carboxylic acids is 2. The lowest BCUT2D eigenvalue weighted by atomic mass is 9.87. The van der Waals surface area contributed by atoms with E-state index in [2.05, 4.69) is 10.4 Å². The van der Waals surface area contributed by atoms with Crippen molar-refractivity contribution in [2.24, 2.45) is 7.05 Å². The van der Waals surface area contributed by atoms with Crippen LogP contribution in [0.3, 0.4) is 0 Å². The van der Waals surface area contributed by atoms with Gasteiger partial charge >= 0.3 is 12.0 Å². The van der Waals surface area contributed by atoms with Crippen LogP contribution in [-0.2, 0) is 16.6 Å². The Labute approximate surface area is 178 Å². The summed E-state index contributed by atoms with van der Waals surface area (Å²) in [7, 11) is 1.75. The summed E-state index contributed by atoms with van der Waals surface area (Å²) in [5.74, 6) is -1.12. The first kappa shape index (κ1) is 22.0. The first-order valence-electron chi connectivity index (χ1n) is 9.49. The Morgan fingerprint density at radius 3 is 2.77 bits per heavy atom. The van der Waals surface area contributed by atoms with Crippen molar-refractivity contribution in [3.05, 3.63) is 23.8 Å². The van der Waals surface area contributed by atoms with Crippen LogP contribution in [0.5, 0.6) is 0 Å². The molecule has 1 aromatic carbocycles. The molecule has 2 aromatic rings. The molecule has 2 fully saturated rings. The molecular formula is C19H23ClFN5O4. The molecule has 0 spiro atoms. The third kappa shape index (κ3) is 4.10. The van der Waals surface area contributed by atoms with E-state index in [1.807, 2.05) is 18.2 Å². The number of carboxylic acids is 1. The van der Waals surface area contributed by atoms with Gasteiger partial charge in [0.1, 0.15) is 6.17 Å². The summed E-state index contributed by atoms with van der Waals surface area (Å²) in [6.45, 7) is 0.715. The zero-order chi connectivity index (χ0) is 20.7. The number of aryl methyl sites for hydroxylation is 1. The van der Waals surface area contributed by atoms with Crippen molar-refractivity contribution in [1.82, 2.24) is 20.0 Å². The number of alkyl halides is 1. The highest BCUT2D eigenvalue weighted by atomic mass is 35.5. The number of fused-ring (bicyclic) bond motifs is 1. The van der Waals surface area contributed by atoms with Crippen LogP contribution in [0, 0.1) is 0 Å². The predicted molar refractivity (Wildman–Crippen MR) is 110 cm³/mol. The smallest absolute Gasteiger partial charge is 0.329 e. The molecule has 0 saturated carbocycles. The second-order valence-electron chi connectivity index (χ2n) is 7.52. The number of benzene rings is 1. The van der Waals surface area contributed by atoms with E-state index in [4.69, 9.17) is 5.11 Å². The lowest BCUT2D eigenvalue weighted by molar-refractivity contribution is -0.138. The fourth-order valence-electron chi connectivity index (χ4n) is 4.13. The maximum absolute atomic E-state index is 14.8. The second kappa shape index (κ2) is 8.57. The Morgan fingerprint density at radius 2 is 2.10 bits per heavy atom. The molecule has 162 valence electrons. The number of anilines is 1. The summed E-state index contributed by atoms with van der Waals surface area (Å²) in [5, 5.41) is 16.4. The first-order valence-corrected chi connectivity index (χ1v) is 9.49. The van der Waals surface area contributed by atoms with E-state index >= 15 is 0 Å². The maximum atomic E-state index is 14.8. The minimum absolute atomic E-state index is 0. The number of imide groups is 1. The largest absolute Gasteiger partial charge is 0.480 e. The molecule has 2 atom stereocenters. The number of carboxylic acid groups (broad SMARTS) is 1. The lowest BCUT2D eigenvalue weighted by Crippen LogP contribution is -2.49. The number of hydrogen-bond acceptors (Lipinski definition) is 5. The van der Waals surface area contributed by atoms with Crippen molar-refractivity contribution in [3.63, 3.8) is 0 Å². The minimum atomic E-state index is -1.16. The predicted octanol–water partition coefficient (Wildman–Crippen LogP) is 1.65. The minimum Gasteiger partial charge on any atom is -0.480 e. The van der Waals surface area contributed by atoms with Crippen molar-refractivity contribution in [2.45, 2.75) is 24.9 Å². The van der Waals surface area contributed by atoms with E-state index in [9.17, 15) is 18.8 Å². The summed E-state index contributed by atoms with van der Waals surface area (Å²) in [5.41, 5.74) is 1.59.